The molecule has 0 fully saturated rings. The molecule has 104 valence electrons. The van der Waals surface area contributed by atoms with Crippen LogP contribution in [0.15, 0.2) is 29.3 Å². The van der Waals surface area contributed by atoms with Gasteiger partial charge in [0.25, 0.3) is 0 Å². The van der Waals surface area contributed by atoms with E-state index in [9.17, 15) is 18.3 Å². The molecule has 19 heavy (non-hydrogen) atoms. The number of aliphatic imine (C=N–C) groups is 1. The molecule has 0 radical (unpaired) electrons. The first kappa shape index (κ1) is 13.7. The number of hydrogen-bond donors (Lipinski definition) is 3. The Bertz CT molecular complexity index is 474. The minimum Gasteiger partial charge on any atom is -0.387 e. The summed E-state index contributed by atoms with van der Waals surface area (Å²) in [5, 5.41) is 15.6. The Labute approximate surface area is 108 Å². The smallest absolute Gasteiger partial charge is 0.387 e. The highest BCUT2D eigenvalue weighted by Crippen LogP contribution is 2.34. The van der Waals surface area contributed by atoms with E-state index in [2.05, 4.69) is 15.6 Å². The SMILES string of the molecule is O[C@@H](CNC1=NCCN1)c1ccccc1C(F)(F)F. The highest BCUT2D eigenvalue weighted by atomic mass is 19.4. The summed E-state index contributed by atoms with van der Waals surface area (Å²) < 4.78 is 38.3. The van der Waals surface area contributed by atoms with Crippen molar-refractivity contribution in [3.8, 4) is 0 Å². The highest BCUT2D eigenvalue weighted by molar-refractivity contribution is 5.81. The van der Waals surface area contributed by atoms with E-state index in [0.29, 0.717) is 19.0 Å². The van der Waals surface area contributed by atoms with Gasteiger partial charge in [-0.1, -0.05) is 18.2 Å². The van der Waals surface area contributed by atoms with Gasteiger partial charge in [-0.05, 0) is 11.6 Å². The number of benzene rings is 1. The Morgan fingerprint density at radius 2 is 2.11 bits per heavy atom. The van der Waals surface area contributed by atoms with E-state index >= 15 is 0 Å². The Hall–Kier alpha value is -1.76. The second-order valence-corrected chi connectivity index (χ2v) is 4.14. The fourth-order valence-electron chi connectivity index (χ4n) is 1.87. The van der Waals surface area contributed by atoms with Crippen LogP contribution >= 0.6 is 0 Å². The molecule has 0 saturated carbocycles. The zero-order chi connectivity index (χ0) is 13.9. The Morgan fingerprint density at radius 3 is 2.74 bits per heavy atom. The topological polar surface area (TPSA) is 56.6 Å². The molecule has 0 aliphatic carbocycles. The first-order valence-electron chi connectivity index (χ1n) is 5.85. The van der Waals surface area contributed by atoms with Crippen LogP contribution in [0.4, 0.5) is 13.2 Å². The predicted octanol–water partition coefficient (Wildman–Crippen LogP) is 1.29. The molecular formula is C12H14F3N3O. The first-order chi connectivity index (χ1) is 8.98. The van der Waals surface area contributed by atoms with Crippen LogP contribution < -0.4 is 10.6 Å². The normalized spacial score (nSPS) is 16.7. The van der Waals surface area contributed by atoms with Crippen molar-refractivity contribution >= 4 is 5.96 Å². The predicted molar refractivity (Wildman–Crippen MR) is 64.7 cm³/mol. The zero-order valence-corrected chi connectivity index (χ0v) is 10.0. The zero-order valence-electron chi connectivity index (χ0n) is 10.0. The van der Waals surface area contributed by atoms with E-state index in [4.69, 9.17) is 0 Å². The van der Waals surface area contributed by atoms with Crippen molar-refractivity contribution in [3.63, 3.8) is 0 Å². The van der Waals surface area contributed by atoms with Crippen molar-refractivity contribution < 1.29 is 18.3 Å². The molecular weight excluding hydrogens is 259 g/mol. The van der Waals surface area contributed by atoms with Gasteiger partial charge in [-0.3, -0.25) is 4.99 Å². The molecule has 0 unspecified atom stereocenters. The van der Waals surface area contributed by atoms with Crippen LogP contribution in [-0.4, -0.2) is 30.7 Å². The van der Waals surface area contributed by atoms with Crippen molar-refractivity contribution in [1.29, 1.82) is 0 Å². The third kappa shape index (κ3) is 3.37. The minimum absolute atomic E-state index is 0.0288. The van der Waals surface area contributed by atoms with Gasteiger partial charge in [-0.2, -0.15) is 13.2 Å². The molecule has 3 N–H and O–H groups in total. The van der Waals surface area contributed by atoms with E-state index in [1.165, 1.54) is 18.2 Å². The number of rotatable bonds is 3. The molecule has 1 atom stereocenters. The molecule has 7 heteroatoms. The molecule has 1 aliphatic heterocycles. The van der Waals surface area contributed by atoms with Gasteiger partial charge < -0.3 is 15.7 Å². The molecule has 1 aliphatic rings. The average Bonchev–Trinajstić information content (AvgIpc) is 2.88. The lowest BCUT2D eigenvalue weighted by Crippen LogP contribution is -2.36. The van der Waals surface area contributed by atoms with E-state index in [1.807, 2.05) is 0 Å². The summed E-state index contributed by atoms with van der Waals surface area (Å²) >= 11 is 0. The lowest BCUT2D eigenvalue weighted by molar-refractivity contribution is -0.139. The number of alkyl halides is 3. The van der Waals surface area contributed by atoms with Crippen LogP contribution in [0.5, 0.6) is 0 Å². The van der Waals surface area contributed by atoms with Gasteiger partial charge in [0.2, 0.25) is 0 Å². The third-order valence-electron chi connectivity index (χ3n) is 2.76. The van der Waals surface area contributed by atoms with Crippen molar-refractivity contribution in [2.45, 2.75) is 12.3 Å². The lowest BCUT2D eigenvalue weighted by atomic mass is 10.0. The van der Waals surface area contributed by atoms with Crippen molar-refractivity contribution in [3.05, 3.63) is 35.4 Å². The van der Waals surface area contributed by atoms with Gasteiger partial charge in [0.05, 0.1) is 18.2 Å². The highest BCUT2D eigenvalue weighted by Gasteiger charge is 2.34. The van der Waals surface area contributed by atoms with Crippen LogP contribution in [0.1, 0.15) is 17.2 Å². The van der Waals surface area contributed by atoms with Crippen LogP contribution in [0.25, 0.3) is 0 Å². The lowest BCUT2D eigenvalue weighted by Gasteiger charge is -2.18. The molecule has 4 nitrogen and oxygen atoms in total. The molecule has 1 heterocycles. The third-order valence-corrected chi connectivity index (χ3v) is 2.76. The molecule has 1 aromatic rings. The molecule has 0 saturated heterocycles. The summed E-state index contributed by atoms with van der Waals surface area (Å²) in [5.41, 5.74) is -0.952. The van der Waals surface area contributed by atoms with Gasteiger partial charge in [-0.15, -0.1) is 0 Å². The largest absolute Gasteiger partial charge is 0.416 e. The summed E-state index contributed by atoms with van der Waals surface area (Å²) in [6.45, 7) is 1.29. The number of aliphatic hydroxyl groups is 1. The minimum atomic E-state index is -4.47. The number of aliphatic hydroxyl groups excluding tert-OH is 1. The number of nitrogens with zero attached hydrogens (tertiary/aromatic N) is 1. The number of nitrogens with one attached hydrogen (secondary N) is 2. The second-order valence-electron chi connectivity index (χ2n) is 4.14. The Morgan fingerprint density at radius 1 is 1.37 bits per heavy atom. The maximum absolute atomic E-state index is 12.8. The van der Waals surface area contributed by atoms with Crippen LogP contribution in [0, 0.1) is 0 Å². The summed E-state index contributed by atoms with van der Waals surface area (Å²) in [6, 6.07) is 5.01. The van der Waals surface area contributed by atoms with Gasteiger partial charge in [0.15, 0.2) is 5.96 Å². The van der Waals surface area contributed by atoms with E-state index in [1.54, 1.807) is 0 Å². The van der Waals surface area contributed by atoms with Crippen LogP contribution in [-0.2, 0) is 6.18 Å². The first-order valence-corrected chi connectivity index (χ1v) is 5.85. The van der Waals surface area contributed by atoms with Gasteiger partial charge >= 0.3 is 6.18 Å². The summed E-state index contributed by atoms with van der Waals surface area (Å²) in [5.74, 6) is 0.503. The van der Waals surface area contributed by atoms with E-state index < -0.39 is 17.8 Å². The fraction of sp³-hybridized carbons (Fsp3) is 0.417. The summed E-state index contributed by atoms with van der Waals surface area (Å²) in [4.78, 5) is 4.03. The van der Waals surface area contributed by atoms with Crippen LogP contribution in [0.3, 0.4) is 0 Å². The molecule has 0 amide bonds. The monoisotopic (exact) mass is 273 g/mol. The maximum atomic E-state index is 12.8. The molecule has 0 bridgehead atoms. The van der Waals surface area contributed by atoms with Crippen molar-refractivity contribution in [2.24, 2.45) is 4.99 Å². The molecule has 2 rings (SSSR count). The van der Waals surface area contributed by atoms with Gasteiger partial charge in [-0.25, -0.2) is 0 Å². The molecule has 1 aromatic carbocycles. The standard InChI is InChI=1S/C12H14F3N3O/c13-12(14,15)9-4-2-1-3-8(9)10(19)7-18-11-16-5-6-17-11/h1-4,10,19H,5-7H2,(H2,16,17,18)/t10-/m0/s1. The number of halogens is 3. The molecule has 0 spiro atoms. The van der Waals surface area contributed by atoms with E-state index in [0.717, 1.165) is 6.07 Å². The number of guanidine groups is 1. The average molecular weight is 273 g/mol. The second kappa shape index (κ2) is 5.48. The quantitative estimate of drug-likeness (QED) is 0.778. The van der Waals surface area contributed by atoms with E-state index in [-0.39, 0.29) is 12.1 Å². The van der Waals surface area contributed by atoms with Crippen molar-refractivity contribution in [1.82, 2.24) is 10.6 Å². The van der Waals surface area contributed by atoms with Crippen molar-refractivity contribution in [2.75, 3.05) is 19.6 Å². The summed E-state index contributed by atoms with van der Waals surface area (Å²) in [6.07, 6.45) is -5.72. The van der Waals surface area contributed by atoms with Gasteiger partial charge in [0.1, 0.15) is 0 Å². The Kier molecular flexibility index (Phi) is 3.94. The molecule has 0 aromatic heterocycles. The maximum Gasteiger partial charge on any atom is 0.416 e. The van der Waals surface area contributed by atoms with Gasteiger partial charge in [0, 0.05) is 13.1 Å². The number of hydrogen-bond acceptors (Lipinski definition) is 4. The fourth-order valence-corrected chi connectivity index (χ4v) is 1.87. The summed E-state index contributed by atoms with van der Waals surface area (Å²) in [7, 11) is 0. The Balaban J connectivity index is 2.08. The van der Waals surface area contributed by atoms with Crippen LogP contribution in [0.2, 0.25) is 0 Å².